The largest absolute Gasteiger partial charge is 0.492 e. The first kappa shape index (κ1) is 22.1. The summed E-state index contributed by atoms with van der Waals surface area (Å²) in [7, 11) is -15.5. The summed E-state index contributed by atoms with van der Waals surface area (Å²) in [6.07, 6.45) is -4.90. The Balaban J connectivity index is 1.74. The lowest BCUT2D eigenvalue weighted by molar-refractivity contribution is -0.0235. The Morgan fingerprint density at radius 2 is 1.71 bits per heavy atom. The fourth-order valence-corrected chi connectivity index (χ4v) is 7.50. The molecule has 6 N–H and O–H groups in total. The van der Waals surface area contributed by atoms with Crippen molar-refractivity contribution < 1.29 is 55.9 Å². The van der Waals surface area contributed by atoms with Gasteiger partial charge in [0.15, 0.2) is 4.77 Å². The van der Waals surface area contributed by atoms with E-state index in [1.165, 1.54) is 0 Å². The second-order valence-electron chi connectivity index (χ2n) is 5.53. The summed E-state index contributed by atoms with van der Waals surface area (Å²) in [6.45, 7) is -0.882. The van der Waals surface area contributed by atoms with Crippen LogP contribution >= 0.6 is 35.7 Å². The maximum absolute atomic E-state index is 12.2. The molecule has 2 fully saturated rings. The van der Waals surface area contributed by atoms with Gasteiger partial charge in [0.1, 0.15) is 24.4 Å². The van der Waals surface area contributed by atoms with Crippen LogP contribution < -0.4 is 5.56 Å². The van der Waals surface area contributed by atoms with E-state index in [-0.39, 0.29) is 10.3 Å². The number of nitrogens with one attached hydrogen (secondary N) is 2. The zero-order valence-electron chi connectivity index (χ0n) is 13.3. The normalized spacial score (nSPS) is 43.9. The van der Waals surface area contributed by atoms with Crippen LogP contribution in [0, 0.1) is 4.77 Å². The summed E-state index contributed by atoms with van der Waals surface area (Å²) in [5.41, 5.74) is -0.819. The number of aliphatic hydroxyl groups excluding tert-OH is 2. The lowest BCUT2D eigenvalue weighted by Gasteiger charge is -2.27. The summed E-state index contributed by atoms with van der Waals surface area (Å²) in [4.78, 5) is 35.0. The highest BCUT2D eigenvalue weighted by atomic mass is 32.1. The number of hydrogen-bond donors (Lipinski definition) is 6. The molecule has 2 aliphatic rings. The molecular formula is C9H13N2O13P3S. The lowest BCUT2D eigenvalue weighted by Crippen LogP contribution is -2.33. The minimum absolute atomic E-state index is 0.00967. The number of ether oxygens (including phenoxy) is 1. The van der Waals surface area contributed by atoms with Crippen molar-refractivity contribution in [2.24, 2.45) is 0 Å². The first-order chi connectivity index (χ1) is 12.8. The molecule has 19 heteroatoms. The fraction of sp³-hybridized carbons (Fsp3) is 0.556. The molecule has 3 rings (SSSR count). The second-order valence-corrected chi connectivity index (χ2v) is 10.9. The van der Waals surface area contributed by atoms with Gasteiger partial charge in [-0.2, -0.15) is 12.9 Å². The van der Waals surface area contributed by atoms with Crippen molar-refractivity contribution in [1.29, 1.82) is 0 Å². The molecule has 0 spiro atoms. The van der Waals surface area contributed by atoms with Crippen LogP contribution in [0.3, 0.4) is 0 Å². The summed E-state index contributed by atoms with van der Waals surface area (Å²) in [5, 5.41) is 20.1. The van der Waals surface area contributed by atoms with Crippen molar-refractivity contribution in [3.63, 3.8) is 0 Å². The average Bonchev–Trinajstić information content (AvgIpc) is 2.78. The molecule has 0 radical (unpaired) electrons. The minimum atomic E-state index is -5.23. The Bertz CT molecular complexity index is 995. The SMILES string of the molecule is O=c1[nH]c(=S)[nH]cc1C1OC(COP2(=O)OP(=O)(O)OP(=O)(O)O2)C(O)C1O. The molecule has 0 bridgehead atoms. The highest BCUT2D eigenvalue weighted by Crippen LogP contribution is 2.80. The topological polar surface area (TPSA) is 227 Å². The van der Waals surface area contributed by atoms with Gasteiger partial charge in [0.25, 0.3) is 5.56 Å². The molecule has 6 atom stereocenters. The Labute approximate surface area is 160 Å². The standard InChI is InChI=1S/C9H13N2O13P3S/c12-5-4(2-20-27(19)23-25(15,16)22-26(17,18)24-27)21-7(6(5)13)3-1-10-9(28)11-8(3)14/h1,4-7,12-13H,2H2,(H,15,16)(H,17,18)(H2,10,11,14,28). The minimum Gasteiger partial charge on any atom is -0.387 e. The van der Waals surface area contributed by atoms with E-state index in [0.29, 0.717) is 0 Å². The molecule has 0 amide bonds. The smallest absolute Gasteiger partial charge is 0.387 e. The quantitative estimate of drug-likeness (QED) is 0.245. The first-order valence-corrected chi connectivity index (χ1v) is 12.0. The third kappa shape index (κ3) is 4.77. The van der Waals surface area contributed by atoms with E-state index in [9.17, 15) is 28.7 Å². The molecule has 28 heavy (non-hydrogen) atoms. The van der Waals surface area contributed by atoms with Gasteiger partial charge in [-0.15, -0.1) is 0 Å². The lowest BCUT2D eigenvalue weighted by atomic mass is 10.0. The zero-order chi connectivity index (χ0) is 20.9. The fourth-order valence-electron chi connectivity index (χ4n) is 2.41. The van der Waals surface area contributed by atoms with Gasteiger partial charge in [-0.3, -0.25) is 14.3 Å². The molecule has 0 saturated carbocycles. The van der Waals surface area contributed by atoms with Gasteiger partial charge in [0.2, 0.25) is 0 Å². The van der Waals surface area contributed by atoms with Gasteiger partial charge >= 0.3 is 23.5 Å². The monoisotopic (exact) mass is 482 g/mol. The van der Waals surface area contributed by atoms with Crippen LogP contribution in [0.5, 0.6) is 0 Å². The molecule has 2 aliphatic heterocycles. The summed E-state index contributed by atoms with van der Waals surface area (Å²) >= 11 is 4.73. The summed E-state index contributed by atoms with van der Waals surface area (Å²) in [5.74, 6) is 0. The van der Waals surface area contributed by atoms with Gasteiger partial charge in [-0.05, 0) is 12.2 Å². The van der Waals surface area contributed by atoms with Crippen molar-refractivity contribution in [2.45, 2.75) is 24.4 Å². The van der Waals surface area contributed by atoms with Crippen molar-refractivity contribution in [3.05, 3.63) is 26.9 Å². The highest BCUT2D eigenvalue weighted by Gasteiger charge is 2.55. The number of phosphoric acid groups is 3. The third-order valence-corrected chi connectivity index (χ3v) is 9.11. The first-order valence-electron chi connectivity index (χ1n) is 7.18. The number of aromatic nitrogens is 2. The van der Waals surface area contributed by atoms with Crippen LogP contribution in [0.2, 0.25) is 0 Å². The molecular weight excluding hydrogens is 469 g/mol. The van der Waals surface area contributed by atoms with Gasteiger partial charge in [-0.25, -0.2) is 13.7 Å². The number of aliphatic hydroxyl groups is 2. The van der Waals surface area contributed by atoms with Crippen LogP contribution in [0.4, 0.5) is 0 Å². The van der Waals surface area contributed by atoms with Crippen LogP contribution in [0.1, 0.15) is 11.7 Å². The number of rotatable bonds is 4. The van der Waals surface area contributed by atoms with E-state index in [1.54, 1.807) is 0 Å². The molecule has 6 unspecified atom stereocenters. The van der Waals surface area contributed by atoms with Crippen molar-refractivity contribution in [3.8, 4) is 0 Å². The molecule has 1 aromatic heterocycles. The van der Waals surface area contributed by atoms with E-state index in [2.05, 4.69) is 27.4 Å². The zero-order valence-corrected chi connectivity index (χ0v) is 16.8. The van der Waals surface area contributed by atoms with Crippen LogP contribution in [-0.2, 0) is 35.9 Å². The van der Waals surface area contributed by atoms with E-state index >= 15 is 0 Å². The molecule has 0 aromatic carbocycles. The average molecular weight is 482 g/mol. The van der Waals surface area contributed by atoms with Crippen LogP contribution in [0.15, 0.2) is 11.0 Å². The molecule has 0 aliphatic carbocycles. The maximum atomic E-state index is 12.2. The van der Waals surface area contributed by atoms with Gasteiger partial charge in [0, 0.05) is 6.20 Å². The predicted molar refractivity (Wildman–Crippen MR) is 88.3 cm³/mol. The van der Waals surface area contributed by atoms with E-state index in [1.807, 2.05) is 0 Å². The predicted octanol–water partition coefficient (Wildman–Crippen LogP) is -0.0169. The summed E-state index contributed by atoms with van der Waals surface area (Å²) in [6, 6.07) is 0. The van der Waals surface area contributed by atoms with Crippen molar-refractivity contribution in [1.82, 2.24) is 9.97 Å². The molecule has 158 valence electrons. The van der Waals surface area contributed by atoms with Crippen LogP contribution in [0.25, 0.3) is 0 Å². The second kappa shape index (κ2) is 7.60. The summed E-state index contributed by atoms with van der Waals surface area (Å²) < 4.78 is 56.7. The Hall–Kier alpha value is -0.570. The van der Waals surface area contributed by atoms with Gasteiger partial charge in [0.05, 0.1) is 12.2 Å². The Morgan fingerprint density at radius 1 is 1.11 bits per heavy atom. The van der Waals surface area contributed by atoms with Crippen LogP contribution in [-0.4, -0.2) is 54.9 Å². The van der Waals surface area contributed by atoms with Crippen molar-refractivity contribution in [2.75, 3.05) is 6.61 Å². The number of aromatic amines is 2. The Morgan fingerprint density at radius 3 is 2.29 bits per heavy atom. The molecule has 15 nitrogen and oxygen atoms in total. The number of H-pyrrole nitrogens is 2. The molecule has 1 aromatic rings. The van der Waals surface area contributed by atoms with Gasteiger partial charge < -0.3 is 29.7 Å². The number of hydrogen-bond acceptors (Lipinski definition) is 12. The van der Waals surface area contributed by atoms with E-state index < -0.39 is 60.1 Å². The van der Waals surface area contributed by atoms with Gasteiger partial charge in [-0.1, -0.05) is 0 Å². The molecule has 3 heterocycles. The molecule has 2 saturated heterocycles. The van der Waals surface area contributed by atoms with E-state index in [0.717, 1.165) is 6.20 Å². The van der Waals surface area contributed by atoms with Crippen molar-refractivity contribution >= 4 is 35.7 Å². The maximum Gasteiger partial charge on any atom is 0.492 e. The van der Waals surface area contributed by atoms with E-state index in [4.69, 9.17) is 26.7 Å². The highest BCUT2D eigenvalue weighted by molar-refractivity contribution is 7.74. The Kier molecular flexibility index (Phi) is 6.00. The third-order valence-electron chi connectivity index (χ3n) is 3.53.